The van der Waals surface area contributed by atoms with Crippen molar-refractivity contribution >= 4 is 22.6 Å². The molecule has 1 fully saturated rings. The number of benzene rings is 2. The van der Waals surface area contributed by atoms with Crippen LogP contribution >= 0.6 is 0 Å². The van der Waals surface area contributed by atoms with Gasteiger partial charge in [-0.3, -0.25) is 9.89 Å². The van der Waals surface area contributed by atoms with Gasteiger partial charge in [0.15, 0.2) is 0 Å². The smallest absolute Gasteiger partial charge is 0.253 e. The largest absolute Gasteiger partial charge is 0.368 e. The number of amides is 1. The van der Waals surface area contributed by atoms with E-state index in [0.717, 1.165) is 70.6 Å². The number of fused-ring (bicyclic) bond motifs is 1. The molecule has 1 amide bonds. The molecule has 5 aromatic rings. The van der Waals surface area contributed by atoms with Crippen molar-refractivity contribution in [2.24, 2.45) is 0 Å². The molecule has 1 saturated heterocycles. The molecular weight excluding hydrogens is 474 g/mol. The van der Waals surface area contributed by atoms with E-state index in [1.807, 2.05) is 49.1 Å². The highest BCUT2D eigenvalue weighted by atomic mass is 16.2. The van der Waals surface area contributed by atoms with Crippen LogP contribution in [0.5, 0.6) is 0 Å². The Balaban J connectivity index is 1.38. The zero-order valence-corrected chi connectivity index (χ0v) is 21.9. The molecule has 6 rings (SSSR count). The lowest BCUT2D eigenvalue weighted by Gasteiger charge is -2.35. The highest BCUT2D eigenvalue weighted by molar-refractivity contribution is 5.98. The highest BCUT2D eigenvalue weighted by Crippen LogP contribution is 2.37. The molecule has 0 radical (unpaired) electrons. The van der Waals surface area contributed by atoms with E-state index in [1.54, 1.807) is 19.0 Å². The van der Waals surface area contributed by atoms with E-state index in [0.29, 0.717) is 5.56 Å². The summed E-state index contributed by atoms with van der Waals surface area (Å²) in [5.74, 6) is -0.00660. The number of H-pyrrole nitrogens is 2. The Labute approximate surface area is 221 Å². The van der Waals surface area contributed by atoms with E-state index in [9.17, 15) is 4.79 Å². The fraction of sp³-hybridized carbons (Fsp3) is 0.233. The van der Waals surface area contributed by atoms with Gasteiger partial charge in [0.25, 0.3) is 5.91 Å². The van der Waals surface area contributed by atoms with Crippen molar-refractivity contribution in [3.63, 3.8) is 0 Å². The van der Waals surface area contributed by atoms with Gasteiger partial charge >= 0.3 is 0 Å². The first-order valence-corrected chi connectivity index (χ1v) is 12.8. The minimum absolute atomic E-state index is 0.00660. The normalized spacial score (nSPS) is 14.2. The fourth-order valence-electron chi connectivity index (χ4n) is 5.12. The lowest BCUT2D eigenvalue weighted by Crippen LogP contribution is -2.44. The Bertz CT molecular complexity index is 1580. The third-order valence-electron chi connectivity index (χ3n) is 7.36. The second-order valence-electron chi connectivity index (χ2n) is 10.1. The van der Waals surface area contributed by atoms with Gasteiger partial charge in [-0.2, -0.15) is 5.10 Å². The Hall–Kier alpha value is -4.43. The number of piperazine rings is 1. The number of nitrogens with zero attached hydrogens (tertiary/aromatic N) is 5. The summed E-state index contributed by atoms with van der Waals surface area (Å²) in [6, 6.07) is 16.6. The summed E-state index contributed by atoms with van der Waals surface area (Å²) >= 11 is 0. The molecule has 8 nitrogen and oxygen atoms in total. The molecule has 2 N–H and O–H groups in total. The molecular formula is C30H31N7O. The third kappa shape index (κ3) is 4.43. The zero-order valence-electron chi connectivity index (χ0n) is 21.9. The number of hydrogen-bond acceptors (Lipinski definition) is 5. The van der Waals surface area contributed by atoms with Crippen molar-refractivity contribution in [1.82, 2.24) is 30.0 Å². The first-order chi connectivity index (χ1) is 18.5. The summed E-state index contributed by atoms with van der Waals surface area (Å²) in [7, 11) is 5.70. The number of likely N-dealkylation sites (N-methyl/N-ethyl adjacent to an activating group) is 1. The van der Waals surface area contributed by atoms with Gasteiger partial charge in [0.1, 0.15) is 5.65 Å². The van der Waals surface area contributed by atoms with Crippen LogP contribution in [0, 0.1) is 0 Å². The van der Waals surface area contributed by atoms with Crippen LogP contribution < -0.4 is 4.90 Å². The van der Waals surface area contributed by atoms with Gasteiger partial charge in [-0.25, -0.2) is 4.98 Å². The first kappa shape index (κ1) is 23.9. The molecule has 38 heavy (non-hydrogen) atoms. The summed E-state index contributed by atoms with van der Waals surface area (Å²) in [4.78, 5) is 26.8. The summed E-state index contributed by atoms with van der Waals surface area (Å²) in [5.41, 5.74) is 9.22. The van der Waals surface area contributed by atoms with Crippen LogP contribution in [0.3, 0.4) is 0 Å². The van der Waals surface area contributed by atoms with Gasteiger partial charge in [0.05, 0.1) is 6.20 Å². The van der Waals surface area contributed by atoms with Crippen LogP contribution in [0.25, 0.3) is 44.4 Å². The van der Waals surface area contributed by atoms with Gasteiger partial charge in [-0.15, -0.1) is 0 Å². The van der Waals surface area contributed by atoms with Crippen molar-refractivity contribution < 1.29 is 4.79 Å². The van der Waals surface area contributed by atoms with E-state index in [4.69, 9.17) is 4.98 Å². The van der Waals surface area contributed by atoms with Crippen LogP contribution in [-0.4, -0.2) is 83.2 Å². The minimum atomic E-state index is -0.00660. The molecule has 0 aliphatic carbocycles. The number of rotatable bonds is 5. The quantitative estimate of drug-likeness (QED) is 0.361. The number of aromatic amines is 2. The number of hydrogen-bond donors (Lipinski definition) is 2. The molecule has 192 valence electrons. The molecule has 1 aliphatic rings. The van der Waals surface area contributed by atoms with Crippen LogP contribution in [0.15, 0.2) is 73.3 Å². The average Bonchev–Trinajstić information content (AvgIpc) is 3.63. The molecule has 2 aromatic carbocycles. The predicted octanol–water partition coefficient (Wildman–Crippen LogP) is 4.74. The van der Waals surface area contributed by atoms with Crippen molar-refractivity contribution in [2.45, 2.75) is 0 Å². The Morgan fingerprint density at radius 3 is 2.32 bits per heavy atom. The number of aromatic nitrogens is 4. The van der Waals surface area contributed by atoms with E-state index < -0.39 is 0 Å². The first-order valence-electron chi connectivity index (χ1n) is 12.8. The topological polar surface area (TPSA) is 84.2 Å². The van der Waals surface area contributed by atoms with Crippen molar-refractivity contribution in [3.05, 3.63) is 78.9 Å². The molecule has 8 heteroatoms. The molecule has 1 aliphatic heterocycles. The Morgan fingerprint density at radius 2 is 1.61 bits per heavy atom. The van der Waals surface area contributed by atoms with Gasteiger partial charge in [-0.1, -0.05) is 18.2 Å². The van der Waals surface area contributed by atoms with Crippen molar-refractivity contribution in [1.29, 1.82) is 0 Å². The van der Waals surface area contributed by atoms with Crippen LogP contribution in [0.2, 0.25) is 0 Å². The van der Waals surface area contributed by atoms with Crippen LogP contribution in [0.1, 0.15) is 10.4 Å². The summed E-state index contributed by atoms with van der Waals surface area (Å²) in [6.45, 7) is 4.10. The summed E-state index contributed by atoms with van der Waals surface area (Å²) in [6.07, 6.45) is 7.74. The van der Waals surface area contributed by atoms with E-state index in [1.165, 1.54) is 5.69 Å². The Morgan fingerprint density at radius 1 is 0.842 bits per heavy atom. The summed E-state index contributed by atoms with van der Waals surface area (Å²) < 4.78 is 0. The predicted molar refractivity (Wildman–Crippen MR) is 152 cm³/mol. The maximum absolute atomic E-state index is 12.3. The average molecular weight is 506 g/mol. The Kier molecular flexibility index (Phi) is 6.17. The summed E-state index contributed by atoms with van der Waals surface area (Å²) in [5, 5.41) is 8.23. The minimum Gasteiger partial charge on any atom is -0.368 e. The second kappa shape index (κ2) is 9.79. The SMILES string of the molecule is CN1CCN(c2ccc(-c3cnc4[nH]cc(-c5ccc(C(=O)N(C)C)cc5)c4c3)cc2-c2cn[nH]c2)CC1. The van der Waals surface area contributed by atoms with Gasteiger partial charge in [-0.05, 0) is 48.5 Å². The standard InChI is InChI=1S/C30H31N7O/c1-35(2)30(38)21-6-4-20(5-7-21)27-19-32-29-26(27)15-23(16-31-29)22-8-9-28(37-12-10-36(3)11-13-37)25(14-22)24-17-33-34-18-24/h4-9,14-19H,10-13H2,1-3H3,(H,31,32)(H,33,34). The number of carbonyl (C=O) groups is 1. The van der Waals surface area contributed by atoms with Gasteiger partial charge in [0.2, 0.25) is 0 Å². The molecule has 0 spiro atoms. The maximum atomic E-state index is 12.3. The third-order valence-corrected chi connectivity index (χ3v) is 7.36. The van der Waals surface area contributed by atoms with Crippen molar-refractivity contribution in [2.75, 3.05) is 52.2 Å². The molecule has 3 aromatic heterocycles. The fourth-order valence-corrected chi connectivity index (χ4v) is 5.12. The van der Waals surface area contributed by atoms with Gasteiger partial charge < -0.3 is 19.7 Å². The van der Waals surface area contributed by atoms with E-state index in [-0.39, 0.29) is 5.91 Å². The second-order valence-corrected chi connectivity index (χ2v) is 10.1. The molecule has 0 bridgehead atoms. The molecule has 0 atom stereocenters. The number of carbonyl (C=O) groups excluding carboxylic acids is 1. The maximum Gasteiger partial charge on any atom is 0.253 e. The van der Waals surface area contributed by atoms with Crippen LogP contribution in [-0.2, 0) is 0 Å². The number of pyridine rings is 1. The van der Waals surface area contributed by atoms with Gasteiger partial charge in [0, 0.05) is 97.8 Å². The number of anilines is 1. The zero-order chi connectivity index (χ0) is 26.2. The van der Waals surface area contributed by atoms with Crippen molar-refractivity contribution in [3.8, 4) is 33.4 Å². The monoisotopic (exact) mass is 505 g/mol. The molecule has 4 heterocycles. The van der Waals surface area contributed by atoms with E-state index in [2.05, 4.69) is 56.3 Å². The lowest BCUT2D eigenvalue weighted by atomic mass is 9.97. The highest BCUT2D eigenvalue weighted by Gasteiger charge is 2.19. The van der Waals surface area contributed by atoms with Crippen LogP contribution in [0.4, 0.5) is 5.69 Å². The molecule has 0 unspecified atom stereocenters. The number of nitrogens with one attached hydrogen (secondary N) is 2. The van der Waals surface area contributed by atoms with E-state index >= 15 is 0 Å². The molecule has 0 saturated carbocycles. The lowest BCUT2D eigenvalue weighted by molar-refractivity contribution is 0.0827.